The Kier molecular flexibility index (Phi) is 4.75. The van der Waals surface area contributed by atoms with Crippen LogP contribution in [-0.2, 0) is 27.8 Å². The van der Waals surface area contributed by atoms with E-state index in [1.165, 1.54) is 6.07 Å². The van der Waals surface area contributed by atoms with Gasteiger partial charge in [0.25, 0.3) is 10.0 Å². The number of rotatable bonds is 3. The van der Waals surface area contributed by atoms with Crippen molar-refractivity contribution in [3.8, 4) is 0 Å². The molecule has 1 aliphatic rings. The van der Waals surface area contributed by atoms with Gasteiger partial charge in [-0.1, -0.05) is 23.7 Å². The van der Waals surface area contributed by atoms with Crippen LogP contribution in [0.1, 0.15) is 23.6 Å². The number of anilines is 1. The van der Waals surface area contributed by atoms with Crippen LogP contribution in [0.25, 0.3) is 0 Å². The second-order valence-electron chi connectivity index (χ2n) is 6.19. The van der Waals surface area contributed by atoms with Gasteiger partial charge in [-0.25, -0.2) is 8.42 Å². The molecular formula is C18H19ClN2O3S. The van der Waals surface area contributed by atoms with Gasteiger partial charge in [0.05, 0.1) is 4.90 Å². The second kappa shape index (κ2) is 6.69. The number of carbonyl (C=O) groups excluding carboxylic acids is 1. The zero-order valence-corrected chi connectivity index (χ0v) is 15.6. The number of amides is 1. The van der Waals surface area contributed by atoms with Crippen LogP contribution in [0.3, 0.4) is 0 Å². The molecule has 0 radical (unpaired) electrons. The summed E-state index contributed by atoms with van der Waals surface area (Å²) in [5, 5.41) is 0.369. The smallest absolute Gasteiger partial charge is 0.262 e. The van der Waals surface area contributed by atoms with Gasteiger partial charge < -0.3 is 4.90 Å². The quantitative estimate of drug-likeness (QED) is 0.890. The van der Waals surface area contributed by atoms with E-state index in [-0.39, 0.29) is 10.8 Å². The van der Waals surface area contributed by atoms with Crippen molar-refractivity contribution in [1.29, 1.82) is 0 Å². The molecule has 0 spiro atoms. The number of benzene rings is 2. The van der Waals surface area contributed by atoms with Crippen molar-refractivity contribution in [2.24, 2.45) is 0 Å². The highest BCUT2D eigenvalue weighted by Crippen LogP contribution is 2.26. The van der Waals surface area contributed by atoms with Crippen LogP contribution in [0.2, 0.25) is 5.02 Å². The number of hydrogen-bond donors (Lipinski definition) is 1. The Morgan fingerprint density at radius 1 is 1.16 bits per heavy atom. The maximum Gasteiger partial charge on any atom is 0.262 e. The van der Waals surface area contributed by atoms with Crippen molar-refractivity contribution in [1.82, 2.24) is 4.90 Å². The first-order valence-corrected chi connectivity index (χ1v) is 9.79. The number of sulfonamides is 1. The fourth-order valence-corrected chi connectivity index (χ4v) is 4.52. The van der Waals surface area contributed by atoms with E-state index in [0.29, 0.717) is 29.4 Å². The first-order chi connectivity index (χ1) is 11.8. The molecule has 0 saturated carbocycles. The molecule has 3 rings (SSSR count). The minimum Gasteiger partial charge on any atom is -0.338 e. The Hall–Kier alpha value is -2.05. The van der Waals surface area contributed by atoms with Crippen molar-refractivity contribution in [2.75, 3.05) is 11.3 Å². The van der Waals surface area contributed by atoms with Crippen molar-refractivity contribution < 1.29 is 13.2 Å². The van der Waals surface area contributed by atoms with E-state index in [0.717, 1.165) is 17.5 Å². The monoisotopic (exact) mass is 378 g/mol. The van der Waals surface area contributed by atoms with Gasteiger partial charge in [0.2, 0.25) is 5.91 Å². The molecule has 0 unspecified atom stereocenters. The molecule has 1 N–H and O–H groups in total. The van der Waals surface area contributed by atoms with Crippen molar-refractivity contribution in [3.05, 3.63) is 58.1 Å². The highest BCUT2D eigenvalue weighted by atomic mass is 35.5. The van der Waals surface area contributed by atoms with Crippen molar-refractivity contribution in [2.45, 2.75) is 31.7 Å². The van der Waals surface area contributed by atoms with E-state index in [9.17, 15) is 13.2 Å². The van der Waals surface area contributed by atoms with Gasteiger partial charge in [-0.2, -0.15) is 0 Å². The predicted octanol–water partition coefficient (Wildman–Crippen LogP) is 3.35. The van der Waals surface area contributed by atoms with Gasteiger partial charge >= 0.3 is 0 Å². The van der Waals surface area contributed by atoms with Gasteiger partial charge in [-0.15, -0.1) is 0 Å². The molecule has 0 fully saturated rings. The van der Waals surface area contributed by atoms with Crippen LogP contribution < -0.4 is 4.72 Å². The predicted molar refractivity (Wildman–Crippen MR) is 98.2 cm³/mol. The summed E-state index contributed by atoms with van der Waals surface area (Å²) in [5.41, 5.74) is 3.20. The van der Waals surface area contributed by atoms with Crippen LogP contribution in [-0.4, -0.2) is 25.8 Å². The number of carbonyl (C=O) groups is 1. The molecule has 1 aliphatic heterocycles. The van der Waals surface area contributed by atoms with Crippen molar-refractivity contribution >= 4 is 33.2 Å². The van der Waals surface area contributed by atoms with Gasteiger partial charge in [0.1, 0.15) is 0 Å². The van der Waals surface area contributed by atoms with Gasteiger partial charge in [-0.3, -0.25) is 9.52 Å². The number of hydrogen-bond acceptors (Lipinski definition) is 3. The van der Waals surface area contributed by atoms with Crippen LogP contribution in [0.5, 0.6) is 0 Å². The Bertz CT molecular complexity index is 941. The molecule has 0 aliphatic carbocycles. The van der Waals surface area contributed by atoms with E-state index in [4.69, 9.17) is 11.6 Å². The molecule has 7 heteroatoms. The highest BCUT2D eigenvalue weighted by Gasteiger charge is 2.21. The lowest BCUT2D eigenvalue weighted by Crippen LogP contribution is -2.34. The summed E-state index contributed by atoms with van der Waals surface area (Å²) < 4.78 is 28.0. The first-order valence-electron chi connectivity index (χ1n) is 7.92. The molecule has 0 aromatic heterocycles. The molecule has 132 valence electrons. The summed E-state index contributed by atoms with van der Waals surface area (Å²) in [4.78, 5) is 13.5. The van der Waals surface area contributed by atoms with E-state index in [1.54, 1.807) is 43.0 Å². The highest BCUT2D eigenvalue weighted by molar-refractivity contribution is 7.92. The van der Waals surface area contributed by atoms with Crippen LogP contribution in [0.15, 0.2) is 41.3 Å². The topological polar surface area (TPSA) is 66.5 Å². The summed E-state index contributed by atoms with van der Waals surface area (Å²) >= 11 is 5.94. The third kappa shape index (κ3) is 3.80. The molecule has 1 heterocycles. The lowest BCUT2D eigenvalue weighted by atomic mass is 9.99. The molecule has 0 atom stereocenters. The fourth-order valence-electron chi connectivity index (χ4n) is 2.96. The molecule has 2 aromatic carbocycles. The summed E-state index contributed by atoms with van der Waals surface area (Å²) in [6.45, 7) is 4.45. The Morgan fingerprint density at radius 2 is 1.92 bits per heavy atom. The molecule has 5 nitrogen and oxygen atoms in total. The lowest BCUT2D eigenvalue weighted by molar-refractivity contribution is -0.129. The average molecular weight is 379 g/mol. The molecule has 25 heavy (non-hydrogen) atoms. The second-order valence-corrected chi connectivity index (χ2v) is 8.28. The van der Waals surface area contributed by atoms with E-state index in [2.05, 4.69) is 4.72 Å². The number of nitrogens with one attached hydrogen (secondary N) is 1. The minimum atomic E-state index is -3.74. The average Bonchev–Trinajstić information content (AvgIpc) is 2.55. The SMILES string of the molecule is CC(=O)N1CCc2ccc(NS(=O)(=O)c3cc(Cl)ccc3C)cc2C1. The van der Waals surface area contributed by atoms with Crippen LogP contribution in [0, 0.1) is 6.92 Å². The van der Waals surface area contributed by atoms with Gasteiger partial charge in [-0.05, 0) is 54.3 Å². The Labute approximate surface area is 152 Å². The summed E-state index contributed by atoms with van der Waals surface area (Å²) in [6, 6.07) is 10.2. The third-order valence-corrected chi connectivity index (χ3v) is 6.11. The molecular weight excluding hydrogens is 360 g/mol. The zero-order chi connectivity index (χ0) is 18.2. The number of nitrogens with zero attached hydrogens (tertiary/aromatic N) is 1. The fraction of sp³-hybridized carbons (Fsp3) is 0.278. The van der Waals surface area contributed by atoms with E-state index >= 15 is 0 Å². The number of halogens is 1. The first kappa shape index (κ1) is 17.8. The van der Waals surface area contributed by atoms with E-state index in [1.807, 2.05) is 6.07 Å². The largest absolute Gasteiger partial charge is 0.338 e. The molecule has 0 saturated heterocycles. The van der Waals surface area contributed by atoms with Crippen LogP contribution in [0.4, 0.5) is 5.69 Å². The van der Waals surface area contributed by atoms with Crippen molar-refractivity contribution in [3.63, 3.8) is 0 Å². The molecule has 1 amide bonds. The lowest BCUT2D eigenvalue weighted by Gasteiger charge is -2.28. The third-order valence-electron chi connectivity index (χ3n) is 4.36. The van der Waals surface area contributed by atoms with Gasteiger partial charge in [0, 0.05) is 30.7 Å². The summed E-state index contributed by atoms with van der Waals surface area (Å²) in [7, 11) is -3.74. The number of fused-ring (bicyclic) bond motifs is 1. The minimum absolute atomic E-state index is 0.0196. The standard InChI is InChI=1S/C18H19ClN2O3S/c1-12-3-5-16(19)10-18(12)25(23,24)20-17-6-4-14-7-8-21(13(2)22)11-15(14)9-17/h3-6,9-10,20H,7-8,11H2,1-2H3. The van der Waals surface area contributed by atoms with Crippen LogP contribution >= 0.6 is 11.6 Å². The summed E-state index contributed by atoms with van der Waals surface area (Å²) in [5.74, 6) is 0.0196. The molecule has 2 aromatic rings. The number of aryl methyl sites for hydroxylation is 1. The Morgan fingerprint density at radius 3 is 2.64 bits per heavy atom. The van der Waals surface area contributed by atoms with Gasteiger partial charge in [0.15, 0.2) is 0 Å². The normalized spacial score (nSPS) is 14.1. The summed E-state index contributed by atoms with van der Waals surface area (Å²) in [6.07, 6.45) is 0.773. The molecule has 0 bridgehead atoms. The maximum atomic E-state index is 12.7. The zero-order valence-electron chi connectivity index (χ0n) is 14.0. The Balaban J connectivity index is 1.90. The maximum absolute atomic E-state index is 12.7. The van der Waals surface area contributed by atoms with E-state index < -0.39 is 10.0 Å².